The summed E-state index contributed by atoms with van der Waals surface area (Å²) in [6.45, 7) is 0. The molecule has 2 atom stereocenters. The molecule has 0 spiro atoms. The Morgan fingerprint density at radius 2 is 1.56 bits per heavy atom. The third kappa shape index (κ3) is 4.27. The van der Waals surface area contributed by atoms with Crippen LogP contribution in [0.2, 0.25) is 0 Å². The fourth-order valence-electron chi connectivity index (χ4n) is 5.07. The summed E-state index contributed by atoms with van der Waals surface area (Å²) >= 11 is 0. The van der Waals surface area contributed by atoms with Crippen molar-refractivity contribution in [3.8, 4) is 11.5 Å². The van der Waals surface area contributed by atoms with E-state index in [4.69, 9.17) is 9.47 Å². The Balaban J connectivity index is 1.62. The molecule has 0 unspecified atom stereocenters. The van der Waals surface area contributed by atoms with Gasteiger partial charge in [0.1, 0.15) is 0 Å². The average Bonchev–Trinajstić information content (AvgIpc) is 3.04. The first-order valence-corrected chi connectivity index (χ1v) is 11.6. The topological polar surface area (TPSA) is 59.6 Å². The molecule has 1 heterocycles. The van der Waals surface area contributed by atoms with Gasteiger partial charge in [-0.1, -0.05) is 36.4 Å². The number of Topliss-reactive ketones (excluding diaryl/α,β-unsaturated/α-hetero) is 1. The molecule has 0 aromatic heterocycles. The number of rotatable bonds is 4. The maximum absolute atomic E-state index is 14.0. The number of methoxy groups -OCH3 is 2. The highest BCUT2D eigenvalue weighted by atomic mass is 19.4. The summed E-state index contributed by atoms with van der Waals surface area (Å²) in [5, 5.41) is 6.59. The van der Waals surface area contributed by atoms with Crippen LogP contribution in [0.4, 0.5) is 24.5 Å². The number of carbonyl (C=O) groups excluding carboxylic acids is 1. The number of carbonyl (C=O) groups is 1. The minimum absolute atomic E-state index is 0.0221. The summed E-state index contributed by atoms with van der Waals surface area (Å²) < 4.78 is 52.7. The molecule has 8 heteroatoms. The minimum atomic E-state index is -4.56. The van der Waals surface area contributed by atoms with Crippen LogP contribution < -0.4 is 20.1 Å². The number of para-hydroxylation sites is 2. The van der Waals surface area contributed by atoms with Crippen molar-refractivity contribution in [1.29, 1.82) is 0 Å². The fourth-order valence-corrected chi connectivity index (χ4v) is 5.07. The number of benzene rings is 3. The van der Waals surface area contributed by atoms with E-state index in [9.17, 15) is 18.0 Å². The van der Waals surface area contributed by atoms with Gasteiger partial charge in [0.2, 0.25) is 0 Å². The van der Waals surface area contributed by atoms with E-state index in [0.29, 0.717) is 40.6 Å². The lowest BCUT2D eigenvalue weighted by Crippen LogP contribution is -2.28. The van der Waals surface area contributed by atoms with E-state index >= 15 is 0 Å². The highest BCUT2D eigenvalue weighted by molar-refractivity contribution is 6.01. The van der Waals surface area contributed by atoms with Gasteiger partial charge < -0.3 is 20.1 Å². The van der Waals surface area contributed by atoms with Gasteiger partial charge in [-0.05, 0) is 53.8 Å². The fraction of sp³-hybridized carbons (Fsp3) is 0.250. The van der Waals surface area contributed by atoms with Crippen LogP contribution in [0.3, 0.4) is 0 Å². The summed E-state index contributed by atoms with van der Waals surface area (Å²) in [6, 6.07) is 17.3. The molecule has 36 heavy (non-hydrogen) atoms. The Labute approximate surface area is 206 Å². The number of anilines is 2. The van der Waals surface area contributed by atoms with Crippen molar-refractivity contribution in [1.82, 2.24) is 0 Å². The predicted octanol–water partition coefficient (Wildman–Crippen LogP) is 6.70. The molecule has 0 bridgehead atoms. The molecule has 1 aliphatic heterocycles. The Hall–Kier alpha value is -3.94. The van der Waals surface area contributed by atoms with Crippen molar-refractivity contribution < 1.29 is 27.4 Å². The Morgan fingerprint density at radius 3 is 2.28 bits per heavy atom. The van der Waals surface area contributed by atoms with E-state index < -0.39 is 17.8 Å². The zero-order valence-electron chi connectivity index (χ0n) is 19.8. The summed E-state index contributed by atoms with van der Waals surface area (Å²) in [7, 11) is 3.10. The number of ether oxygens (including phenoxy) is 2. The molecular weight excluding hydrogens is 469 g/mol. The van der Waals surface area contributed by atoms with Gasteiger partial charge in [0.15, 0.2) is 17.3 Å². The lowest BCUT2D eigenvalue weighted by molar-refractivity contribution is -0.138. The molecule has 2 aliphatic rings. The van der Waals surface area contributed by atoms with Crippen LogP contribution in [-0.4, -0.2) is 20.0 Å². The van der Waals surface area contributed by atoms with Crippen molar-refractivity contribution in [3.05, 3.63) is 94.7 Å². The predicted molar refractivity (Wildman–Crippen MR) is 131 cm³/mol. The quantitative estimate of drug-likeness (QED) is 0.423. The molecular formula is C28H25F3N2O3. The van der Waals surface area contributed by atoms with Crippen LogP contribution in [0, 0.1) is 0 Å². The summed E-state index contributed by atoms with van der Waals surface area (Å²) in [5.41, 5.74) is 2.44. The van der Waals surface area contributed by atoms with Crippen molar-refractivity contribution in [2.75, 3.05) is 24.9 Å². The van der Waals surface area contributed by atoms with Gasteiger partial charge in [-0.25, -0.2) is 0 Å². The second-order valence-corrected chi connectivity index (χ2v) is 8.87. The minimum Gasteiger partial charge on any atom is -0.493 e. The molecule has 0 fully saturated rings. The lowest BCUT2D eigenvalue weighted by atomic mass is 9.78. The van der Waals surface area contributed by atoms with E-state index in [1.165, 1.54) is 12.1 Å². The van der Waals surface area contributed by atoms with Gasteiger partial charge in [0, 0.05) is 17.7 Å². The molecule has 186 valence electrons. The number of hydrogen-bond donors (Lipinski definition) is 2. The normalized spacial score (nSPS) is 19.4. The third-order valence-electron chi connectivity index (χ3n) is 6.77. The highest BCUT2D eigenvalue weighted by Gasteiger charge is 2.41. The van der Waals surface area contributed by atoms with Crippen LogP contribution in [0.15, 0.2) is 78.0 Å². The van der Waals surface area contributed by atoms with Gasteiger partial charge in [-0.15, -0.1) is 0 Å². The molecule has 3 aromatic rings. The molecule has 5 nitrogen and oxygen atoms in total. The van der Waals surface area contributed by atoms with Gasteiger partial charge in [-0.3, -0.25) is 4.79 Å². The van der Waals surface area contributed by atoms with Crippen molar-refractivity contribution in [2.24, 2.45) is 0 Å². The molecule has 1 aliphatic carbocycles. The lowest BCUT2D eigenvalue weighted by Gasteiger charge is -2.31. The average molecular weight is 495 g/mol. The molecule has 0 saturated heterocycles. The monoisotopic (exact) mass is 494 g/mol. The second kappa shape index (κ2) is 9.26. The van der Waals surface area contributed by atoms with Gasteiger partial charge in [-0.2, -0.15) is 13.2 Å². The largest absolute Gasteiger partial charge is 0.493 e. The molecule has 0 saturated carbocycles. The van der Waals surface area contributed by atoms with E-state index in [2.05, 4.69) is 10.6 Å². The molecule has 5 rings (SSSR count). The van der Waals surface area contributed by atoms with Crippen LogP contribution >= 0.6 is 0 Å². The van der Waals surface area contributed by atoms with E-state index in [1.54, 1.807) is 38.5 Å². The zero-order chi connectivity index (χ0) is 25.4. The van der Waals surface area contributed by atoms with Crippen LogP contribution in [-0.2, 0) is 11.0 Å². The van der Waals surface area contributed by atoms with Gasteiger partial charge in [0.25, 0.3) is 0 Å². The van der Waals surface area contributed by atoms with Crippen molar-refractivity contribution in [3.63, 3.8) is 0 Å². The molecule has 3 aromatic carbocycles. The van der Waals surface area contributed by atoms with Crippen LogP contribution in [0.1, 0.15) is 41.5 Å². The number of nitrogens with one attached hydrogen (secondary N) is 2. The number of hydrogen-bond acceptors (Lipinski definition) is 5. The van der Waals surface area contributed by atoms with Crippen LogP contribution in [0.25, 0.3) is 0 Å². The first-order chi connectivity index (χ1) is 17.3. The number of allylic oxidation sites excluding steroid dienone is 1. The number of alkyl halides is 3. The SMILES string of the molecule is COc1ccc([C@@H]2CC(=O)C3=C(C2)Nc2ccccc2N[C@@H]3c2ccccc2C(F)(F)F)cc1OC. The third-order valence-corrected chi connectivity index (χ3v) is 6.77. The summed E-state index contributed by atoms with van der Waals surface area (Å²) in [6.07, 6.45) is -3.94. The van der Waals surface area contributed by atoms with Crippen molar-refractivity contribution in [2.45, 2.75) is 31.0 Å². The number of halogens is 3. The van der Waals surface area contributed by atoms with Crippen molar-refractivity contribution >= 4 is 17.2 Å². The Morgan fingerprint density at radius 1 is 0.861 bits per heavy atom. The summed E-state index contributed by atoms with van der Waals surface area (Å²) in [4.78, 5) is 13.7. The maximum atomic E-state index is 14.0. The Bertz CT molecular complexity index is 1350. The second-order valence-electron chi connectivity index (χ2n) is 8.87. The summed E-state index contributed by atoms with van der Waals surface area (Å²) in [5.74, 6) is 0.760. The molecule has 2 N–H and O–H groups in total. The van der Waals surface area contributed by atoms with E-state index in [1.807, 2.05) is 24.3 Å². The zero-order valence-corrected chi connectivity index (χ0v) is 19.8. The van der Waals surface area contributed by atoms with E-state index in [-0.39, 0.29) is 23.7 Å². The number of fused-ring (bicyclic) bond motifs is 1. The van der Waals surface area contributed by atoms with Crippen LogP contribution in [0.5, 0.6) is 11.5 Å². The molecule has 0 amide bonds. The molecule has 0 radical (unpaired) electrons. The smallest absolute Gasteiger partial charge is 0.416 e. The Kier molecular flexibility index (Phi) is 6.12. The van der Waals surface area contributed by atoms with E-state index in [0.717, 1.165) is 11.6 Å². The highest BCUT2D eigenvalue weighted by Crippen LogP contribution is 2.47. The first-order valence-electron chi connectivity index (χ1n) is 11.6. The number of ketones is 1. The first kappa shape index (κ1) is 23.8. The maximum Gasteiger partial charge on any atom is 0.416 e. The standard InChI is InChI=1S/C28H25F3N2O3/c1-35-24-12-11-16(15-25(24)36-2)17-13-22-26(23(34)14-17)27(33-21-10-6-5-9-20(21)32-22)18-7-3-4-8-19(18)28(29,30)31/h3-12,15,17,27,32-33H,13-14H2,1-2H3/t17-,27+/m0/s1. The van der Waals surface area contributed by atoms with Gasteiger partial charge in [0.05, 0.1) is 37.2 Å². The van der Waals surface area contributed by atoms with Gasteiger partial charge >= 0.3 is 6.18 Å².